The standard InChI is InChI=1S/C27H35N5O/c1-2-33-25-14-12-23(13-15-25)26(31-17-7-16-30(18-19-31)24-10-6-11-24)27-29-28-21-32(27)20-22-8-4-3-5-9-22/h3-5,8-9,12-15,21,24,26H,2,6-7,10-11,16-20H2,1H3. The summed E-state index contributed by atoms with van der Waals surface area (Å²) in [6.07, 6.45) is 7.20. The molecule has 0 amide bonds. The molecule has 5 rings (SSSR count). The van der Waals surface area contributed by atoms with Crippen molar-refractivity contribution in [2.45, 2.75) is 51.2 Å². The van der Waals surface area contributed by atoms with E-state index in [1.165, 1.54) is 43.4 Å². The molecule has 2 aromatic carbocycles. The van der Waals surface area contributed by atoms with Crippen molar-refractivity contribution in [1.29, 1.82) is 0 Å². The first-order chi connectivity index (χ1) is 16.3. The molecule has 1 aliphatic heterocycles. The normalized spacial score (nSPS) is 19.1. The van der Waals surface area contributed by atoms with Crippen molar-refractivity contribution < 1.29 is 4.74 Å². The molecule has 0 radical (unpaired) electrons. The van der Waals surface area contributed by atoms with E-state index >= 15 is 0 Å². The Morgan fingerprint density at radius 2 is 1.76 bits per heavy atom. The predicted octanol–water partition coefficient (Wildman–Crippen LogP) is 4.37. The Morgan fingerprint density at radius 1 is 0.939 bits per heavy atom. The van der Waals surface area contributed by atoms with E-state index in [-0.39, 0.29) is 6.04 Å². The van der Waals surface area contributed by atoms with Gasteiger partial charge in [0.15, 0.2) is 5.82 Å². The van der Waals surface area contributed by atoms with Crippen molar-refractivity contribution >= 4 is 0 Å². The number of hydrogen-bond acceptors (Lipinski definition) is 5. The van der Waals surface area contributed by atoms with Crippen molar-refractivity contribution in [1.82, 2.24) is 24.6 Å². The molecule has 1 aromatic heterocycles. The number of ether oxygens (including phenoxy) is 1. The van der Waals surface area contributed by atoms with Crippen molar-refractivity contribution in [2.24, 2.45) is 0 Å². The second-order valence-electron chi connectivity index (χ2n) is 9.22. The van der Waals surface area contributed by atoms with E-state index in [4.69, 9.17) is 4.74 Å². The topological polar surface area (TPSA) is 46.4 Å². The van der Waals surface area contributed by atoms with Crippen molar-refractivity contribution in [2.75, 3.05) is 32.8 Å². The third-order valence-corrected chi connectivity index (χ3v) is 7.11. The lowest BCUT2D eigenvalue weighted by atomic mass is 9.91. The highest BCUT2D eigenvalue weighted by atomic mass is 16.5. The average Bonchev–Trinajstić information content (AvgIpc) is 3.12. The summed E-state index contributed by atoms with van der Waals surface area (Å²) < 4.78 is 7.92. The quantitative estimate of drug-likeness (QED) is 0.515. The van der Waals surface area contributed by atoms with Crippen LogP contribution in [0.25, 0.3) is 0 Å². The molecular formula is C27H35N5O. The summed E-state index contributed by atoms with van der Waals surface area (Å²) in [5.41, 5.74) is 2.51. The zero-order valence-electron chi connectivity index (χ0n) is 19.6. The summed E-state index contributed by atoms with van der Waals surface area (Å²) in [5, 5.41) is 9.01. The molecule has 2 heterocycles. The zero-order chi connectivity index (χ0) is 22.5. The van der Waals surface area contributed by atoms with Gasteiger partial charge in [0.1, 0.15) is 12.1 Å². The summed E-state index contributed by atoms with van der Waals surface area (Å²) in [6, 6.07) is 20.0. The lowest BCUT2D eigenvalue weighted by Crippen LogP contribution is -2.42. The molecule has 1 atom stereocenters. The van der Waals surface area contributed by atoms with Crippen LogP contribution in [0.3, 0.4) is 0 Å². The van der Waals surface area contributed by atoms with E-state index in [0.717, 1.165) is 43.8 Å². The second kappa shape index (κ2) is 10.5. The van der Waals surface area contributed by atoms with Crippen LogP contribution in [0.1, 0.15) is 55.6 Å². The SMILES string of the molecule is CCOc1ccc(C(c2nncn2Cc2ccccc2)N2CCCN(C3CCC3)CC2)cc1. The molecule has 1 saturated carbocycles. The molecule has 2 fully saturated rings. The number of aromatic nitrogens is 3. The number of nitrogens with zero attached hydrogens (tertiary/aromatic N) is 5. The zero-order valence-corrected chi connectivity index (χ0v) is 19.6. The van der Waals surface area contributed by atoms with Crippen LogP contribution in [-0.4, -0.2) is 63.4 Å². The number of rotatable bonds is 8. The predicted molar refractivity (Wildman–Crippen MR) is 130 cm³/mol. The molecule has 0 N–H and O–H groups in total. The minimum absolute atomic E-state index is 0.0771. The largest absolute Gasteiger partial charge is 0.494 e. The summed E-state index contributed by atoms with van der Waals surface area (Å²) in [7, 11) is 0. The number of benzene rings is 2. The molecule has 6 heteroatoms. The van der Waals surface area contributed by atoms with Gasteiger partial charge in [-0.2, -0.15) is 0 Å². The molecule has 3 aromatic rings. The summed E-state index contributed by atoms with van der Waals surface area (Å²) in [6.45, 7) is 7.93. The van der Waals surface area contributed by atoms with Crippen LogP contribution in [0.15, 0.2) is 60.9 Å². The Balaban J connectivity index is 1.44. The highest BCUT2D eigenvalue weighted by Crippen LogP contribution is 2.32. The molecule has 0 spiro atoms. The van der Waals surface area contributed by atoms with Crippen molar-refractivity contribution in [3.8, 4) is 5.75 Å². The molecule has 1 saturated heterocycles. The van der Waals surface area contributed by atoms with Crippen LogP contribution in [0.4, 0.5) is 0 Å². The molecular weight excluding hydrogens is 410 g/mol. The van der Waals surface area contributed by atoms with Gasteiger partial charge in [-0.05, 0) is 56.0 Å². The minimum atomic E-state index is 0.0771. The second-order valence-corrected chi connectivity index (χ2v) is 9.22. The average molecular weight is 446 g/mol. The maximum absolute atomic E-state index is 5.71. The van der Waals surface area contributed by atoms with E-state index in [1.807, 2.05) is 13.3 Å². The number of hydrogen-bond donors (Lipinski definition) is 0. The van der Waals surface area contributed by atoms with Gasteiger partial charge in [0.05, 0.1) is 19.2 Å². The summed E-state index contributed by atoms with van der Waals surface area (Å²) in [4.78, 5) is 5.33. The van der Waals surface area contributed by atoms with Gasteiger partial charge in [-0.15, -0.1) is 10.2 Å². The van der Waals surface area contributed by atoms with Crippen LogP contribution in [-0.2, 0) is 6.54 Å². The van der Waals surface area contributed by atoms with Crippen molar-refractivity contribution in [3.05, 3.63) is 77.9 Å². The Labute approximate surface area is 197 Å². The molecule has 0 bridgehead atoms. The monoisotopic (exact) mass is 445 g/mol. The van der Waals surface area contributed by atoms with E-state index < -0.39 is 0 Å². The van der Waals surface area contributed by atoms with Gasteiger partial charge in [-0.1, -0.05) is 48.9 Å². The van der Waals surface area contributed by atoms with Crippen LogP contribution >= 0.6 is 0 Å². The summed E-state index contributed by atoms with van der Waals surface area (Å²) >= 11 is 0. The maximum Gasteiger partial charge on any atom is 0.155 e. The van der Waals surface area contributed by atoms with E-state index in [2.05, 4.69) is 79.2 Å². The highest BCUT2D eigenvalue weighted by molar-refractivity contribution is 5.32. The molecule has 1 unspecified atom stereocenters. The first kappa shape index (κ1) is 22.1. The van der Waals surface area contributed by atoms with Crippen LogP contribution < -0.4 is 4.74 Å². The minimum Gasteiger partial charge on any atom is -0.494 e. The third kappa shape index (κ3) is 5.12. The Morgan fingerprint density at radius 3 is 2.48 bits per heavy atom. The van der Waals surface area contributed by atoms with Crippen molar-refractivity contribution in [3.63, 3.8) is 0 Å². The van der Waals surface area contributed by atoms with E-state index in [9.17, 15) is 0 Å². The van der Waals surface area contributed by atoms with E-state index in [1.54, 1.807) is 0 Å². The molecule has 1 aliphatic carbocycles. The fraction of sp³-hybridized carbons (Fsp3) is 0.481. The molecule has 2 aliphatic rings. The lowest BCUT2D eigenvalue weighted by Gasteiger charge is -2.37. The van der Waals surface area contributed by atoms with Crippen LogP contribution in [0.5, 0.6) is 5.75 Å². The van der Waals surface area contributed by atoms with Gasteiger partial charge < -0.3 is 9.30 Å². The summed E-state index contributed by atoms with van der Waals surface area (Å²) in [5.74, 6) is 1.93. The van der Waals surface area contributed by atoms with Crippen LogP contribution in [0, 0.1) is 0 Å². The Kier molecular flexibility index (Phi) is 7.03. The van der Waals surface area contributed by atoms with Gasteiger partial charge in [0.2, 0.25) is 0 Å². The van der Waals surface area contributed by atoms with Crippen LogP contribution in [0.2, 0.25) is 0 Å². The smallest absolute Gasteiger partial charge is 0.155 e. The molecule has 33 heavy (non-hydrogen) atoms. The molecule has 174 valence electrons. The third-order valence-electron chi connectivity index (χ3n) is 7.11. The molecule has 6 nitrogen and oxygen atoms in total. The lowest BCUT2D eigenvalue weighted by molar-refractivity contribution is 0.127. The van der Waals surface area contributed by atoms with Gasteiger partial charge in [0, 0.05) is 25.7 Å². The Hall–Kier alpha value is -2.70. The fourth-order valence-corrected chi connectivity index (χ4v) is 5.15. The fourth-order valence-electron chi connectivity index (χ4n) is 5.15. The highest BCUT2D eigenvalue weighted by Gasteiger charge is 2.31. The van der Waals surface area contributed by atoms with Gasteiger partial charge in [-0.3, -0.25) is 9.80 Å². The van der Waals surface area contributed by atoms with E-state index in [0.29, 0.717) is 6.61 Å². The van der Waals surface area contributed by atoms with Gasteiger partial charge in [0.25, 0.3) is 0 Å². The first-order valence-electron chi connectivity index (χ1n) is 12.4. The first-order valence-corrected chi connectivity index (χ1v) is 12.4. The van der Waals surface area contributed by atoms with Gasteiger partial charge in [-0.25, -0.2) is 0 Å². The Bertz CT molecular complexity index is 999. The maximum atomic E-state index is 5.71. The van der Waals surface area contributed by atoms with Gasteiger partial charge >= 0.3 is 0 Å².